The Morgan fingerprint density at radius 3 is 3.09 bits per heavy atom. The van der Waals surface area contributed by atoms with E-state index in [1.807, 2.05) is 47.9 Å². The van der Waals surface area contributed by atoms with Crippen molar-refractivity contribution < 1.29 is 9.53 Å². The summed E-state index contributed by atoms with van der Waals surface area (Å²) < 4.78 is 5.79. The number of hydrogen-bond acceptors (Lipinski definition) is 3. The van der Waals surface area contributed by atoms with Gasteiger partial charge in [0.2, 0.25) is 0 Å². The van der Waals surface area contributed by atoms with Crippen molar-refractivity contribution in [3.05, 3.63) is 24.3 Å². The van der Waals surface area contributed by atoms with Gasteiger partial charge in [0.25, 0.3) is 0 Å². The number of urea groups is 1. The lowest BCUT2D eigenvalue weighted by atomic mass is 10.2. The van der Waals surface area contributed by atoms with Gasteiger partial charge in [-0.05, 0) is 49.8 Å². The second kappa shape index (κ2) is 8.32. The average Bonchev–Trinajstić information content (AvgIpc) is 2.96. The minimum atomic E-state index is -0.00991. The molecule has 22 heavy (non-hydrogen) atoms. The lowest BCUT2D eigenvalue weighted by Crippen LogP contribution is -2.33. The standard InChI is InChI=1S/C17H26N2O2S/c1-4-13(2)21-16-7-5-6-15(10-16)18-17(20)19-9-8-14(11-19)12-22-3/h5-7,10,13-14H,4,8-9,11-12H2,1-3H3,(H,18,20)/t13-,14+/m0/s1. The van der Waals surface area contributed by atoms with Crippen LogP contribution in [0, 0.1) is 5.92 Å². The lowest BCUT2D eigenvalue weighted by molar-refractivity contribution is 0.217. The maximum Gasteiger partial charge on any atom is 0.321 e. The van der Waals surface area contributed by atoms with Gasteiger partial charge in [0.05, 0.1) is 6.10 Å². The van der Waals surface area contributed by atoms with E-state index < -0.39 is 0 Å². The molecule has 122 valence electrons. The normalized spacial score (nSPS) is 19.0. The van der Waals surface area contributed by atoms with Gasteiger partial charge in [0.1, 0.15) is 5.75 Å². The molecule has 2 rings (SSSR count). The Balaban J connectivity index is 1.90. The number of nitrogens with zero attached hydrogens (tertiary/aromatic N) is 1. The van der Waals surface area contributed by atoms with Crippen LogP contribution in [0.4, 0.5) is 10.5 Å². The van der Waals surface area contributed by atoms with E-state index in [2.05, 4.69) is 18.5 Å². The van der Waals surface area contributed by atoms with Crippen molar-refractivity contribution >= 4 is 23.5 Å². The molecule has 0 saturated carbocycles. The van der Waals surface area contributed by atoms with Crippen molar-refractivity contribution in [3.8, 4) is 5.75 Å². The number of rotatable bonds is 6. The van der Waals surface area contributed by atoms with E-state index >= 15 is 0 Å². The molecule has 0 aromatic heterocycles. The Labute approximate surface area is 137 Å². The topological polar surface area (TPSA) is 41.6 Å². The number of carbonyl (C=O) groups is 1. The average molecular weight is 322 g/mol. The van der Waals surface area contributed by atoms with Crippen LogP contribution in [0.3, 0.4) is 0 Å². The molecule has 1 saturated heterocycles. The molecule has 1 heterocycles. The zero-order valence-corrected chi connectivity index (χ0v) is 14.5. The molecule has 0 bridgehead atoms. The number of benzene rings is 1. The fraction of sp³-hybridized carbons (Fsp3) is 0.588. The van der Waals surface area contributed by atoms with Gasteiger partial charge in [-0.15, -0.1) is 0 Å². The van der Waals surface area contributed by atoms with Crippen LogP contribution < -0.4 is 10.1 Å². The van der Waals surface area contributed by atoms with Gasteiger partial charge < -0.3 is 15.0 Å². The molecule has 1 aliphatic rings. The van der Waals surface area contributed by atoms with Crippen molar-refractivity contribution in [2.45, 2.75) is 32.8 Å². The smallest absolute Gasteiger partial charge is 0.321 e. The molecule has 4 nitrogen and oxygen atoms in total. The number of likely N-dealkylation sites (tertiary alicyclic amines) is 1. The second-order valence-corrected chi connectivity index (χ2v) is 6.76. The van der Waals surface area contributed by atoms with Crippen molar-refractivity contribution in [1.29, 1.82) is 0 Å². The Bertz CT molecular complexity index is 495. The van der Waals surface area contributed by atoms with Crippen LogP contribution in [0.1, 0.15) is 26.7 Å². The van der Waals surface area contributed by atoms with Gasteiger partial charge in [-0.1, -0.05) is 13.0 Å². The highest BCUT2D eigenvalue weighted by Crippen LogP contribution is 2.22. The molecule has 0 spiro atoms. The maximum absolute atomic E-state index is 12.3. The van der Waals surface area contributed by atoms with Crippen LogP contribution in [0.5, 0.6) is 5.75 Å². The van der Waals surface area contributed by atoms with Gasteiger partial charge in [-0.3, -0.25) is 0 Å². The first kappa shape index (κ1) is 17.0. The third-order valence-electron chi connectivity index (χ3n) is 3.97. The summed E-state index contributed by atoms with van der Waals surface area (Å²) in [7, 11) is 0. The Morgan fingerprint density at radius 2 is 2.36 bits per heavy atom. The molecule has 1 aromatic carbocycles. The molecule has 2 atom stereocenters. The van der Waals surface area contributed by atoms with E-state index in [9.17, 15) is 4.79 Å². The van der Waals surface area contributed by atoms with Gasteiger partial charge in [0.15, 0.2) is 0 Å². The molecular formula is C17H26N2O2S. The molecule has 5 heteroatoms. The molecule has 1 fully saturated rings. The van der Waals surface area contributed by atoms with E-state index in [-0.39, 0.29) is 12.1 Å². The molecule has 1 aliphatic heterocycles. The molecule has 2 amide bonds. The number of hydrogen-bond donors (Lipinski definition) is 1. The van der Waals surface area contributed by atoms with Gasteiger partial charge >= 0.3 is 6.03 Å². The van der Waals surface area contributed by atoms with E-state index in [1.54, 1.807) is 0 Å². The van der Waals surface area contributed by atoms with Gasteiger partial charge in [0, 0.05) is 24.8 Å². The quantitative estimate of drug-likeness (QED) is 0.858. The highest BCUT2D eigenvalue weighted by molar-refractivity contribution is 7.98. The number of nitrogens with one attached hydrogen (secondary N) is 1. The predicted octanol–water partition coefficient (Wildman–Crippen LogP) is 4.08. The third kappa shape index (κ3) is 4.83. The van der Waals surface area contributed by atoms with Crippen molar-refractivity contribution in [2.24, 2.45) is 5.92 Å². The summed E-state index contributed by atoms with van der Waals surface area (Å²) in [5.41, 5.74) is 0.791. The first-order chi connectivity index (χ1) is 10.6. The predicted molar refractivity (Wildman–Crippen MR) is 93.9 cm³/mol. The van der Waals surface area contributed by atoms with E-state index in [1.165, 1.54) is 0 Å². The fourth-order valence-corrected chi connectivity index (χ4v) is 3.30. The summed E-state index contributed by atoms with van der Waals surface area (Å²) >= 11 is 1.85. The molecule has 0 radical (unpaired) electrons. The van der Waals surface area contributed by atoms with Gasteiger partial charge in [-0.2, -0.15) is 11.8 Å². The summed E-state index contributed by atoms with van der Waals surface area (Å²) in [5, 5.41) is 2.98. The summed E-state index contributed by atoms with van der Waals surface area (Å²) in [5.74, 6) is 2.55. The minimum Gasteiger partial charge on any atom is -0.491 e. The molecule has 0 aliphatic carbocycles. The summed E-state index contributed by atoms with van der Waals surface area (Å²) in [6.45, 7) is 5.84. The number of ether oxygens (including phenoxy) is 1. The Hall–Kier alpha value is -1.36. The number of thioether (sulfide) groups is 1. The summed E-state index contributed by atoms with van der Waals surface area (Å²) in [6, 6.07) is 7.61. The van der Waals surface area contributed by atoms with Crippen LogP contribution in [0.25, 0.3) is 0 Å². The second-order valence-electron chi connectivity index (χ2n) is 5.85. The first-order valence-corrected chi connectivity index (χ1v) is 9.33. The van der Waals surface area contributed by atoms with E-state index in [0.29, 0.717) is 5.92 Å². The van der Waals surface area contributed by atoms with Crippen LogP contribution in [0.2, 0.25) is 0 Å². The summed E-state index contributed by atoms with van der Waals surface area (Å²) in [6.07, 6.45) is 4.36. The maximum atomic E-state index is 12.3. The fourth-order valence-electron chi connectivity index (χ4n) is 2.55. The monoisotopic (exact) mass is 322 g/mol. The Kier molecular flexibility index (Phi) is 6.43. The zero-order valence-electron chi connectivity index (χ0n) is 13.7. The van der Waals surface area contributed by atoms with Crippen LogP contribution >= 0.6 is 11.8 Å². The molecule has 1 aromatic rings. The van der Waals surface area contributed by atoms with Crippen LogP contribution in [-0.2, 0) is 0 Å². The third-order valence-corrected chi connectivity index (χ3v) is 4.78. The highest BCUT2D eigenvalue weighted by Gasteiger charge is 2.25. The number of amides is 2. The lowest BCUT2D eigenvalue weighted by Gasteiger charge is -2.18. The molecular weight excluding hydrogens is 296 g/mol. The van der Waals surface area contributed by atoms with Crippen molar-refractivity contribution in [3.63, 3.8) is 0 Å². The van der Waals surface area contributed by atoms with Crippen LogP contribution in [0.15, 0.2) is 24.3 Å². The first-order valence-electron chi connectivity index (χ1n) is 7.94. The summed E-state index contributed by atoms with van der Waals surface area (Å²) in [4.78, 5) is 14.2. The number of anilines is 1. The van der Waals surface area contributed by atoms with E-state index in [4.69, 9.17) is 4.74 Å². The van der Waals surface area contributed by atoms with Gasteiger partial charge in [-0.25, -0.2) is 4.79 Å². The minimum absolute atomic E-state index is 0.00991. The molecule has 1 N–H and O–H groups in total. The van der Waals surface area contributed by atoms with Crippen LogP contribution in [-0.4, -0.2) is 42.1 Å². The Morgan fingerprint density at radius 1 is 1.55 bits per heavy atom. The highest BCUT2D eigenvalue weighted by atomic mass is 32.2. The molecule has 0 unspecified atom stereocenters. The SMILES string of the molecule is CC[C@H](C)Oc1cccc(NC(=O)N2CC[C@@H](CSC)C2)c1. The largest absolute Gasteiger partial charge is 0.491 e. The zero-order chi connectivity index (χ0) is 15.9. The van der Waals surface area contributed by atoms with E-state index in [0.717, 1.165) is 43.1 Å². The number of carbonyl (C=O) groups excluding carboxylic acids is 1. The van der Waals surface area contributed by atoms with Crippen molar-refractivity contribution in [1.82, 2.24) is 4.90 Å². The van der Waals surface area contributed by atoms with Crippen molar-refractivity contribution in [2.75, 3.05) is 30.4 Å².